The minimum Gasteiger partial charge on any atom is -0.385 e. The third kappa shape index (κ3) is 4.34. The normalized spacial score (nSPS) is 22.4. The fourth-order valence-corrected chi connectivity index (χ4v) is 4.73. The summed E-state index contributed by atoms with van der Waals surface area (Å²) in [4.78, 5) is 40.6. The smallest absolute Gasteiger partial charge is 0.255 e. The van der Waals surface area contributed by atoms with Crippen LogP contribution in [0.5, 0.6) is 0 Å². The molecule has 3 heterocycles. The number of rotatable bonds is 7. The number of amides is 3. The number of fused-ring (bicyclic) bond motifs is 1. The van der Waals surface area contributed by atoms with E-state index in [9.17, 15) is 14.4 Å². The van der Waals surface area contributed by atoms with Crippen LogP contribution in [0.2, 0.25) is 0 Å². The van der Waals surface area contributed by atoms with Gasteiger partial charge in [-0.2, -0.15) is 0 Å². The molecule has 0 aliphatic carbocycles. The van der Waals surface area contributed by atoms with Crippen LogP contribution in [0.1, 0.15) is 48.0 Å². The molecule has 4 rings (SSSR count). The number of hydrogen-bond acceptors (Lipinski definition) is 6. The van der Waals surface area contributed by atoms with Gasteiger partial charge in [0.15, 0.2) is 0 Å². The molecule has 1 aromatic rings. The number of carbonyl (C=O) groups is 3. The summed E-state index contributed by atoms with van der Waals surface area (Å²) in [5.41, 5.74) is 2.55. The van der Waals surface area contributed by atoms with E-state index in [1.807, 2.05) is 18.2 Å². The van der Waals surface area contributed by atoms with E-state index >= 15 is 0 Å². The summed E-state index contributed by atoms with van der Waals surface area (Å²) in [5, 5.41) is 9.25. The monoisotopic (exact) mass is 413 g/mol. The van der Waals surface area contributed by atoms with Gasteiger partial charge in [0.2, 0.25) is 11.8 Å². The average Bonchev–Trinajstić information content (AvgIpc) is 3.09. The van der Waals surface area contributed by atoms with Crippen LogP contribution in [0.15, 0.2) is 18.2 Å². The zero-order valence-electron chi connectivity index (χ0n) is 17.6. The maximum Gasteiger partial charge on any atom is 0.255 e. The maximum atomic E-state index is 12.9. The molecule has 8 nitrogen and oxygen atoms in total. The van der Waals surface area contributed by atoms with Crippen molar-refractivity contribution in [2.45, 2.75) is 50.7 Å². The van der Waals surface area contributed by atoms with Gasteiger partial charge in [-0.05, 0) is 64.5 Å². The Balaban J connectivity index is 1.33. The first-order chi connectivity index (χ1) is 14.5. The topological polar surface area (TPSA) is 93.8 Å². The van der Waals surface area contributed by atoms with E-state index in [4.69, 9.17) is 0 Å². The van der Waals surface area contributed by atoms with Crippen LogP contribution in [0, 0.1) is 0 Å². The van der Waals surface area contributed by atoms with Crippen molar-refractivity contribution in [1.82, 2.24) is 20.4 Å². The van der Waals surface area contributed by atoms with Crippen molar-refractivity contribution in [2.75, 3.05) is 38.5 Å². The number of carbonyl (C=O) groups excluding carboxylic acids is 3. The van der Waals surface area contributed by atoms with Gasteiger partial charge in [-0.1, -0.05) is 6.07 Å². The van der Waals surface area contributed by atoms with Crippen molar-refractivity contribution >= 4 is 23.4 Å². The fourth-order valence-electron chi connectivity index (χ4n) is 4.73. The molecular formula is C22H31N5O3. The molecule has 2 saturated heterocycles. The Bertz CT molecular complexity index is 821. The van der Waals surface area contributed by atoms with Gasteiger partial charge in [-0.15, -0.1) is 0 Å². The lowest BCUT2D eigenvalue weighted by atomic mass is 10.0. The number of anilines is 1. The summed E-state index contributed by atoms with van der Waals surface area (Å²) in [6.45, 7) is 4.47. The highest BCUT2D eigenvalue weighted by molar-refractivity contribution is 6.06. The molecule has 2 fully saturated rings. The van der Waals surface area contributed by atoms with Crippen molar-refractivity contribution in [2.24, 2.45) is 0 Å². The highest BCUT2D eigenvalue weighted by atomic mass is 16.2. The van der Waals surface area contributed by atoms with Crippen molar-refractivity contribution in [3.8, 4) is 0 Å². The van der Waals surface area contributed by atoms with E-state index in [2.05, 4.69) is 27.9 Å². The van der Waals surface area contributed by atoms with Gasteiger partial charge in [0.25, 0.3) is 5.91 Å². The number of benzene rings is 1. The number of piperidine rings is 2. The third-order valence-electron chi connectivity index (χ3n) is 6.52. The molecule has 3 amide bonds. The van der Waals surface area contributed by atoms with Gasteiger partial charge in [0.05, 0.1) is 0 Å². The first kappa shape index (κ1) is 20.8. The van der Waals surface area contributed by atoms with Crippen LogP contribution in [0.4, 0.5) is 5.69 Å². The molecule has 8 heteroatoms. The molecule has 0 aromatic heterocycles. The second-order valence-corrected chi connectivity index (χ2v) is 8.47. The largest absolute Gasteiger partial charge is 0.385 e. The molecule has 1 atom stereocenters. The van der Waals surface area contributed by atoms with Gasteiger partial charge in [0.1, 0.15) is 6.04 Å². The second kappa shape index (κ2) is 9.14. The molecule has 0 spiro atoms. The second-order valence-electron chi connectivity index (χ2n) is 8.47. The minimum absolute atomic E-state index is 0.131. The fraction of sp³-hybridized carbons (Fsp3) is 0.591. The highest BCUT2D eigenvalue weighted by Crippen LogP contribution is 2.32. The number of hydrogen-bond donors (Lipinski definition) is 3. The average molecular weight is 414 g/mol. The van der Waals surface area contributed by atoms with E-state index in [-0.39, 0.29) is 24.1 Å². The van der Waals surface area contributed by atoms with Crippen molar-refractivity contribution < 1.29 is 14.4 Å². The first-order valence-electron chi connectivity index (χ1n) is 11.0. The summed E-state index contributed by atoms with van der Waals surface area (Å²) in [6, 6.07) is 5.78. The van der Waals surface area contributed by atoms with Crippen LogP contribution >= 0.6 is 0 Å². The molecule has 162 valence electrons. The highest BCUT2D eigenvalue weighted by Gasteiger charge is 2.39. The zero-order chi connectivity index (χ0) is 21.1. The Morgan fingerprint density at radius 3 is 2.73 bits per heavy atom. The number of imide groups is 1. The zero-order valence-corrected chi connectivity index (χ0v) is 17.6. The van der Waals surface area contributed by atoms with Crippen molar-refractivity contribution in [3.63, 3.8) is 0 Å². The molecule has 0 radical (unpaired) electrons. The molecule has 0 saturated carbocycles. The Morgan fingerprint density at radius 2 is 1.97 bits per heavy atom. The summed E-state index contributed by atoms with van der Waals surface area (Å²) < 4.78 is 0. The Kier molecular flexibility index (Phi) is 6.34. The van der Waals surface area contributed by atoms with Crippen LogP contribution in [-0.2, 0) is 16.1 Å². The van der Waals surface area contributed by atoms with E-state index < -0.39 is 6.04 Å². The molecule has 1 unspecified atom stereocenters. The lowest BCUT2D eigenvalue weighted by Crippen LogP contribution is -2.52. The Labute approximate surface area is 177 Å². The lowest BCUT2D eigenvalue weighted by molar-refractivity contribution is -0.136. The molecule has 3 N–H and O–H groups in total. The van der Waals surface area contributed by atoms with Crippen molar-refractivity contribution in [3.05, 3.63) is 29.3 Å². The maximum absolute atomic E-state index is 12.9. The number of nitrogens with one attached hydrogen (secondary N) is 3. The van der Waals surface area contributed by atoms with E-state index in [1.54, 1.807) is 4.90 Å². The van der Waals surface area contributed by atoms with E-state index in [0.717, 1.165) is 43.9 Å². The van der Waals surface area contributed by atoms with Crippen LogP contribution in [0.25, 0.3) is 0 Å². The Morgan fingerprint density at radius 1 is 1.17 bits per heavy atom. The minimum atomic E-state index is -0.575. The van der Waals surface area contributed by atoms with Gasteiger partial charge in [-0.3, -0.25) is 19.7 Å². The summed E-state index contributed by atoms with van der Waals surface area (Å²) >= 11 is 0. The summed E-state index contributed by atoms with van der Waals surface area (Å²) in [7, 11) is 2.20. The lowest BCUT2D eigenvalue weighted by Gasteiger charge is -2.31. The standard InChI is InChI=1S/C22H31N5O3/c1-26(15-8-11-23-12-9-15)13-3-10-24-18-5-2-4-16-17(18)14-27(22(16)30)19-6-7-20(28)25-21(19)29/h2,4-5,15,19,23-24H,3,6-14H2,1H3,(H,25,28,29). The summed E-state index contributed by atoms with van der Waals surface area (Å²) in [5.74, 6) is -0.770. The summed E-state index contributed by atoms with van der Waals surface area (Å²) in [6.07, 6.45) is 4.08. The Hall–Kier alpha value is -2.45. The molecular weight excluding hydrogens is 382 g/mol. The molecule has 0 bridgehead atoms. The van der Waals surface area contributed by atoms with Gasteiger partial charge < -0.3 is 20.4 Å². The van der Waals surface area contributed by atoms with Crippen molar-refractivity contribution in [1.29, 1.82) is 0 Å². The molecule has 3 aliphatic rings. The number of nitrogens with zero attached hydrogens (tertiary/aromatic N) is 2. The SMILES string of the molecule is CN(CCCNc1cccc2c1CN(C1CCC(=O)NC1=O)C2=O)C1CCNCC1. The first-order valence-corrected chi connectivity index (χ1v) is 11.0. The molecule has 1 aromatic carbocycles. The predicted molar refractivity (Wildman–Crippen MR) is 114 cm³/mol. The predicted octanol–water partition coefficient (Wildman–Crippen LogP) is 0.933. The molecule has 3 aliphatic heterocycles. The van der Waals surface area contributed by atoms with E-state index in [0.29, 0.717) is 24.6 Å². The van der Waals surface area contributed by atoms with Gasteiger partial charge in [-0.25, -0.2) is 0 Å². The molecule has 30 heavy (non-hydrogen) atoms. The van der Waals surface area contributed by atoms with Crippen LogP contribution < -0.4 is 16.0 Å². The van der Waals surface area contributed by atoms with Gasteiger partial charge in [0, 0.05) is 42.4 Å². The quantitative estimate of drug-likeness (QED) is 0.455. The van der Waals surface area contributed by atoms with Crippen LogP contribution in [-0.4, -0.2) is 72.8 Å². The van der Waals surface area contributed by atoms with E-state index in [1.165, 1.54) is 12.8 Å². The van der Waals surface area contributed by atoms with Gasteiger partial charge >= 0.3 is 0 Å². The third-order valence-corrected chi connectivity index (χ3v) is 6.52. The van der Waals surface area contributed by atoms with Crippen LogP contribution in [0.3, 0.4) is 0 Å².